The van der Waals surface area contributed by atoms with E-state index in [2.05, 4.69) is 54.3 Å². The number of nitrogens with zero attached hydrogens (tertiary/aromatic N) is 6. The van der Waals surface area contributed by atoms with Crippen LogP contribution in [0.5, 0.6) is 0 Å². The zero-order chi connectivity index (χ0) is 25.4. The van der Waals surface area contributed by atoms with E-state index in [9.17, 15) is 5.11 Å². The maximum atomic E-state index is 10.3. The number of hydrogen-bond donors (Lipinski definition) is 4. The van der Waals surface area contributed by atoms with Gasteiger partial charge in [-0.15, -0.1) is 0 Å². The van der Waals surface area contributed by atoms with Gasteiger partial charge in [0.2, 0.25) is 0 Å². The van der Waals surface area contributed by atoms with Gasteiger partial charge in [-0.3, -0.25) is 20.1 Å². The summed E-state index contributed by atoms with van der Waals surface area (Å²) < 4.78 is 0. The number of aliphatic hydroxyl groups excluding tert-OH is 1. The molecule has 37 heavy (non-hydrogen) atoms. The van der Waals surface area contributed by atoms with E-state index in [1.807, 2.05) is 36.4 Å². The lowest BCUT2D eigenvalue weighted by molar-refractivity contribution is 0.176. The predicted octanol–water partition coefficient (Wildman–Crippen LogP) is 4.80. The number of aromatic nitrogens is 8. The van der Waals surface area contributed by atoms with Crippen molar-refractivity contribution in [1.29, 1.82) is 0 Å². The summed E-state index contributed by atoms with van der Waals surface area (Å²) in [5.41, 5.74) is 6.82. The molecule has 6 heterocycles. The molecule has 6 aromatic heterocycles. The minimum absolute atomic E-state index is 0.374. The SMILES string of the molecule is CC(C)CC(O)Nc1cncc(-c2cnc3n[nH]c(-c4nc5c(-c6ccccn6)nccc5[nH]4)c3c2)c1. The van der Waals surface area contributed by atoms with Gasteiger partial charge in [0, 0.05) is 35.9 Å². The van der Waals surface area contributed by atoms with Crippen LogP contribution in [-0.2, 0) is 0 Å². The van der Waals surface area contributed by atoms with E-state index in [1.54, 1.807) is 31.0 Å². The molecule has 0 amide bonds. The van der Waals surface area contributed by atoms with Crippen molar-refractivity contribution in [3.8, 4) is 34.0 Å². The third-order valence-electron chi connectivity index (χ3n) is 6.05. The third kappa shape index (κ3) is 4.50. The number of H-pyrrole nitrogens is 2. The van der Waals surface area contributed by atoms with Crippen molar-refractivity contribution in [2.75, 3.05) is 5.32 Å². The van der Waals surface area contributed by atoms with E-state index in [4.69, 9.17) is 4.98 Å². The van der Waals surface area contributed by atoms with Gasteiger partial charge in [0.05, 0.1) is 28.5 Å². The van der Waals surface area contributed by atoms with Crippen molar-refractivity contribution in [3.05, 3.63) is 67.4 Å². The van der Waals surface area contributed by atoms with Gasteiger partial charge in [-0.2, -0.15) is 5.10 Å². The third-order valence-corrected chi connectivity index (χ3v) is 6.05. The highest BCUT2D eigenvalue weighted by atomic mass is 16.3. The van der Waals surface area contributed by atoms with E-state index >= 15 is 0 Å². The quantitative estimate of drug-likeness (QED) is 0.233. The molecule has 0 saturated carbocycles. The Bertz CT molecular complexity index is 1690. The van der Waals surface area contributed by atoms with Crippen LogP contribution in [-0.4, -0.2) is 51.4 Å². The van der Waals surface area contributed by atoms with Gasteiger partial charge in [0.25, 0.3) is 0 Å². The lowest BCUT2D eigenvalue weighted by atomic mass is 10.1. The maximum Gasteiger partial charge on any atom is 0.181 e. The smallest absolute Gasteiger partial charge is 0.181 e. The van der Waals surface area contributed by atoms with E-state index in [0.29, 0.717) is 29.5 Å². The number of aliphatic hydroxyl groups is 1. The van der Waals surface area contributed by atoms with Crippen molar-refractivity contribution >= 4 is 27.8 Å². The number of hydrogen-bond acceptors (Lipinski definition) is 8. The van der Waals surface area contributed by atoms with Crippen molar-refractivity contribution in [2.24, 2.45) is 5.92 Å². The number of anilines is 1. The van der Waals surface area contributed by atoms with Crippen LogP contribution in [0.2, 0.25) is 0 Å². The number of pyridine rings is 4. The number of rotatable bonds is 7. The highest BCUT2D eigenvalue weighted by Gasteiger charge is 2.17. The normalized spacial score (nSPS) is 12.4. The molecule has 0 aliphatic rings. The lowest BCUT2D eigenvalue weighted by Gasteiger charge is -2.16. The monoisotopic (exact) mass is 491 g/mol. The summed E-state index contributed by atoms with van der Waals surface area (Å²) in [5.74, 6) is 1.01. The maximum absolute atomic E-state index is 10.3. The zero-order valence-corrected chi connectivity index (χ0v) is 20.3. The number of aromatic amines is 2. The Morgan fingerprint density at radius 1 is 0.973 bits per heavy atom. The largest absolute Gasteiger partial charge is 0.374 e. The first-order chi connectivity index (χ1) is 18.0. The van der Waals surface area contributed by atoms with Crippen molar-refractivity contribution in [2.45, 2.75) is 26.5 Å². The van der Waals surface area contributed by atoms with Crippen LogP contribution in [0.4, 0.5) is 5.69 Å². The predicted molar refractivity (Wildman–Crippen MR) is 142 cm³/mol. The number of imidazole rings is 1. The molecule has 1 unspecified atom stereocenters. The molecule has 0 aliphatic heterocycles. The van der Waals surface area contributed by atoms with Gasteiger partial charge in [0.15, 0.2) is 11.5 Å². The van der Waals surface area contributed by atoms with Gasteiger partial charge in [-0.05, 0) is 42.7 Å². The van der Waals surface area contributed by atoms with Crippen LogP contribution in [0.1, 0.15) is 20.3 Å². The summed E-state index contributed by atoms with van der Waals surface area (Å²) in [4.78, 5) is 26.1. The molecule has 0 fully saturated rings. The second-order valence-corrected chi connectivity index (χ2v) is 9.30. The molecule has 0 radical (unpaired) electrons. The summed E-state index contributed by atoms with van der Waals surface area (Å²) in [5, 5.41) is 21.7. The second kappa shape index (κ2) is 9.40. The highest BCUT2D eigenvalue weighted by molar-refractivity contribution is 5.95. The molecule has 0 spiro atoms. The fourth-order valence-electron chi connectivity index (χ4n) is 4.36. The molecule has 10 heteroatoms. The Kier molecular flexibility index (Phi) is 5.78. The average molecular weight is 492 g/mol. The van der Waals surface area contributed by atoms with Crippen LogP contribution < -0.4 is 5.32 Å². The fraction of sp³-hybridized carbons (Fsp3) is 0.185. The Labute approximate surface area is 212 Å². The molecular weight excluding hydrogens is 466 g/mol. The molecule has 6 rings (SSSR count). The molecule has 4 N–H and O–H groups in total. The molecule has 0 bridgehead atoms. The second-order valence-electron chi connectivity index (χ2n) is 9.30. The highest BCUT2D eigenvalue weighted by Crippen LogP contribution is 2.31. The van der Waals surface area contributed by atoms with Crippen LogP contribution in [0.15, 0.2) is 67.4 Å². The Hall–Kier alpha value is -4.70. The average Bonchev–Trinajstić information content (AvgIpc) is 3.52. The minimum Gasteiger partial charge on any atom is -0.374 e. The van der Waals surface area contributed by atoms with Crippen LogP contribution >= 0.6 is 0 Å². The minimum atomic E-state index is -0.642. The van der Waals surface area contributed by atoms with E-state index in [0.717, 1.165) is 44.6 Å². The zero-order valence-electron chi connectivity index (χ0n) is 20.3. The van der Waals surface area contributed by atoms with E-state index in [-0.39, 0.29) is 0 Å². The molecular formula is C27H25N9O. The lowest BCUT2D eigenvalue weighted by Crippen LogP contribution is -2.20. The van der Waals surface area contributed by atoms with Crippen molar-refractivity contribution in [1.82, 2.24) is 40.1 Å². The standard InChI is InChI=1S/C27H25N9O/c1-15(2)9-22(37)32-18-10-16(12-28-14-18)17-11-19-23(35-36-26(19)31-13-17)27-33-21-6-8-30-24(25(21)34-27)20-5-3-4-7-29-20/h3-8,10-15,22,32,37H,9H2,1-2H3,(H,33,34)(H,31,35,36). The van der Waals surface area contributed by atoms with Crippen molar-refractivity contribution < 1.29 is 5.11 Å². The Balaban J connectivity index is 1.38. The molecule has 1 atom stereocenters. The molecule has 184 valence electrons. The number of fused-ring (bicyclic) bond motifs is 2. The van der Waals surface area contributed by atoms with Crippen LogP contribution in [0.25, 0.3) is 56.1 Å². The topological polar surface area (TPSA) is 141 Å². The summed E-state index contributed by atoms with van der Waals surface area (Å²) in [6.07, 6.45) is 8.72. The van der Waals surface area contributed by atoms with Gasteiger partial charge in [-0.25, -0.2) is 9.97 Å². The number of nitrogens with one attached hydrogen (secondary N) is 3. The summed E-state index contributed by atoms with van der Waals surface area (Å²) in [6.45, 7) is 4.14. The van der Waals surface area contributed by atoms with Gasteiger partial charge < -0.3 is 15.4 Å². The molecule has 0 aromatic carbocycles. The molecule has 0 saturated heterocycles. The molecule has 0 aliphatic carbocycles. The summed E-state index contributed by atoms with van der Waals surface area (Å²) >= 11 is 0. The van der Waals surface area contributed by atoms with Crippen molar-refractivity contribution in [3.63, 3.8) is 0 Å². The summed E-state index contributed by atoms with van der Waals surface area (Å²) in [7, 11) is 0. The first-order valence-electron chi connectivity index (χ1n) is 12.1. The molecule has 10 nitrogen and oxygen atoms in total. The van der Waals surface area contributed by atoms with Gasteiger partial charge in [-0.1, -0.05) is 19.9 Å². The van der Waals surface area contributed by atoms with Crippen LogP contribution in [0.3, 0.4) is 0 Å². The van der Waals surface area contributed by atoms with E-state index in [1.165, 1.54) is 0 Å². The fourth-order valence-corrected chi connectivity index (χ4v) is 4.36. The van der Waals surface area contributed by atoms with Gasteiger partial charge >= 0.3 is 0 Å². The molecule has 6 aromatic rings. The summed E-state index contributed by atoms with van der Waals surface area (Å²) in [6, 6.07) is 11.6. The Morgan fingerprint density at radius 3 is 2.70 bits per heavy atom. The first kappa shape index (κ1) is 22.7. The van der Waals surface area contributed by atoms with Gasteiger partial charge in [0.1, 0.15) is 23.1 Å². The Morgan fingerprint density at radius 2 is 1.86 bits per heavy atom. The van der Waals surface area contributed by atoms with Crippen LogP contribution in [0, 0.1) is 5.92 Å². The van der Waals surface area contributed by atoms with E-state index < -0.39 is 6.23 Å². The first-order valence-corrected chi connectivity index (χ1v) is 12.1.